The van der Waals surface area contributed by atoms with Gasteiger partial charge >= 0.3 is 0 Å². The lowest BCUT2D eigenvalue weighted by atomic mass is 10.1. The minimum atomic E-state index is 0.560. The van der Waals surface area contributed by atoms with E-state index in [9.17, 15) is 0 Å². The minimum Gasteiger partial charge on any atom is -0.489 e. The Morgan fingerprint density at radius 2 is 1.80 bits per heavy atom. The molecule has 2 aromatic carbocycles. The third kappa shape index (κ3) is 2.93. The number of hydrogen-bond donors (Lipinski definition) is 0. The first-order valence-electron chi connectivity index (χ1n) is 6.46. The first-order chi connectivity index (χ1) is 9.72. The molecule has 0 unspecified atom stereocenters. The van der Waals surface area contributed by atoms with Gasteiger partial charge in [-0.1, -0.05) is 18.2 Å². The number of benzene rings is 2. The van der Waals surface area contributed by atoms with Gasteiger partial charge in [0.15, 0.2) is 0 Å². The van der Waals surface area contributed by atoms with Gasteiger partial charge in [-0.3, -0.25) is 4.98 Å². The average molecular weight is 375 g/mol. The lowest BCUT2D eigenvalue weighted by Gasteiger charge is -2.10. The second kappa shape index (κ2) is 5.79. The van der Waals surface area contributed by atoms with Crippen LogP contribution in [0.4, 0.5) is 0 Å². The number of rotatable bonds is 3. The summed E-state index contributed by atoms with van der Waals surface area (Å²) in [5, 5.41) is 1.16. The maximum atomic E-state index is 5.88. The molecule has 0 aliphatic heterocycles. The van der Waals surface area contributed by atoms with E-state index in [4.69, 9.17) is 4.74 Å². The zero-order valence-electron chi connectivity index (χ0n) is 11.1. The van der Waals surface area contributed by atoms with E-state index in [1.807, 2.05) is 49.4 Å². The van der Waals surface area contributed by atoms with Gasteiger partial charge in [0.05, 0.1) is 5.52 Å². The molecule has 0 spiro atoms. The van der Waals surface area contributed by atoms with Crippen LogP contribution in [0.15, 0.2) is 54.6 Å². The monoisotopic (exact) mass is 375 g/mol. The highest BCUT2D eigenvalue weighted by Gasteiger charge is 2.04. The van der Waals surface area contributed by atoms with E-state index in [1.165, 1.54) is 9.13 Å². The average Bonchev–Trinajstić information content (AvgIpc) is 2.46. The highest BCUT2D eigenvalue weighted by atomic mass is 127. The van der Waals surface area contributed by atoms with E-state index in [0.717, 1.165) is 22.3 Å². The van der Waals surface area contributed by atoms with Gasteiger partial charge in [-0.05, 0) is 65.9 Å². The topological polar surface area (TPSA) is 22.1 Å². The van der Waals surface area contributed by atoms with Crippen LogP contribution < -0.4 is 4.74 Å². The van der Waals surface area contributed by atoms with Crippen LogP contribution in [0.5, 0.6) is 5.75 Å². The van der Waals surface area contributed by atoms with E-state index in [-0.39, 0.29) is 0 Å². The molecule has 0 fully saturated rings. The van der Waals surface area contributed by atoms with Crippen LogP contribution in [0.2, 0.25) is 0 Å². The molecule has 0 aliphatic carbocycles. The molecule has 3 heteroatoms. The summed E-state index contributed by atoms with van der Waals surface area (Å²) in [6.07, 6.45) is 0. The van der Waals surface area contributed by atoms with Crippen molar-refractivity contribution in [2.75, 3.05) is 0 Å². The molecule has 2 nitrogen and oxygen atoms in total. The molecule has 3 rings (SSSR count). The molecular weight excluding hydrogens is 361 g/mol. The predicted molar refractivity (Wildman–Crippen MR) is 90.0 cm³/mol. The molecule has 100 valence electrons. The molecule has 1 heterocycles. The summed E-state index contributed by atoms with van der Waals surface area (Å²) in [5.41, 5.74) is 3.21. The Labute approximate surface area is 131 Å². The summed E-state index contributed by atoms with van der Waals surface area (Å²) >= 11 is 2.29. The van der Waals surface area contributed by atoms with E-state index in [0.29, 0.717) is 6.61 Å². The van der Waals surface area contributed by atoms with Crippen molar-refractivity contribution in [2.24, 2.45) is 0 Å². The van der Waals surface area contributed by atoms with Crippen molar-refractivity contribution in [2.45, 2.75) is 13.5 Å². The van der Waals surface area contributed by atoms with Crippen LogP contribution in [-0.2, 0) is 6.61 Å². The number of hydrogen-bond acceptors (Lipinski definition) is 2. The third-order valence-electron chi connectivity index (χ3n) is 3.14. The van der Waals surface area contributed by atoms with E-state index in [1.54, 1.807) is 0 Å². The Morgan fingerprint density at radius 3 is 2.60 bits per heavy atom. The molecule has 1 aromatic heterocycles. The lowest BCUT2D eigenvalue weighted by molar-refractivity contribution is 0.307. The van der Waals surface area contributed by atoms with Crippen molar-refractivity contribution in [3.63, 3.8) is 0 Å². The van der Waals surface area contributed by atoms with Gasteiger partial charge in [0.25, 0.3) is 0 Å². The van der Waals surface area contributed by atoms with E-state index in [2.05, 4.69) is 39.7 Å². The SMILES string of the molecule is Cc1cc(COc2ccc(I)cc2)c2ccccc2n1. The summed E-state index contributed by atoms with van der Waals surface area (Å²) in [6, 6.07) is 18.4. The van der Waals surface area contributed by atoms with Gasteiger partial charge in [0.2, 0.25) is 0 Å². The van der Waals surface area contributed by atoms with E-state index < -0.39 is 0 Å². The number of aryl methyl sites for hydroxylation is 1. The van der Waals surface area contributed by atoms with Gasteiger partial charge < -0.3 is 4.74 Å². The Hall–Kier alpha value is -1.62. The van der Waals surface area contributed by atoms with Crippen LogP contribution in [0.1, 0.15) is 11.3 Å². The van der Waals surface area contributed by atoms with Crippen LogP contribution in [0, 0.1) is 10.5 Å². The standard InChI is InChI=1S/C17H14INO/c1-12-10-13(16-4-2-3-5-17(16)19-12)11-20-15-8-6-14(18)7-9-15/h2-10H,11H2,1H3. The van der Waals surface area contributed by atoms with Gasteiger partial charge in [0, 0.05) is 20.2 Å². The van der Waals surface area contributed by atoms with Gasteiger partial charge in [0.1, 0.15) is 12.4 Å². The number of ether oxygens (including phenoxy) is 1. The Bertz CT molecular complexity index is 738. The summed E-state index contributed by atoms with van der Waals surface area (Å²) in [6.45, 7) is 2.57. The molecule has 0 aliphatic rings. The molecule has 0 saturated heterocycles. The van der Waals surface area contributed by atoms with Crippen LogP contribution in [0.25, 0.3) is 10.9 Å². The molecule has 0 bridgehead atoms. The Balaban J connectivity index is 1.88. The van der Waals surface area contributed by atoms with Gasteiger partial charge in [-0.2, -0.15) is 0 Å². The summed E-state index contributed by atoms with van der Waals surface area (Å²) in [7, 11) is 0. The molecule has 0 amide bonds. The number of aromatic nitrogens is 1. The molecule has 0 radical (unpaired) electrons. The maximum Gasteiger partial charge on any atom is 0.119 e. The summed E-state index contributed by atoms with van der Waals surface area (Å²) in [4.78, 5) is 4.55. The lowest BCUT2D eigenvalue weighted by Crippen LogP contribution is -1.98. The fraction of sp³-hybridized carbons (Fsp3) is 0.118. The Morgan fingerprint density at radius 1 is 1.05 bits per heavy atom. The normalized spacial score (nSPS) is 10.7. The molecule has 3 aromatic rings. The minimum absolute atomic E-state index is 0.560. The highest BCUT2D eigenvalue weighted by molar-refractivity contribution is 14.1. The first kappa shape index (κ1) is 13.4. The predicted octanol–water partition coefficient (Wildman–Crippen LogP) is 4.73. The van der Waals surface area contributed by atoms with Crippen LogP contribution >= 0.6 is 22.6 Å². The first-order valence-corrected chi connectivity index (χ1v) is 7.54. The number of halogens is 1. The molecule has 20 heavy (non-hydrogen) atoms. The molecule has 0 atom stereocenters. The van der Waals surface area contributed by atoms with Gasteiger partial charge in [-0.25, -0.2) is 0 Å². The quantitative estimate of drug-likeness (QED) is 0.618. The van der Waals surface area contributed by atoms with Crippen molar-refractivity contribution >= 4 is 33.5 Å². The fourth-order valence-electron chi connectivity index (χ4n) is 2.21. The molecule has 0 saturated carbocycles. The third-order valence-corrected chi connectivity index (χ3v) is 3.86. The largest absolute Gasteiger partial charge is 0.489 e. The second-order valence-corrected chi connectivity index (χ2v) is 5.93. The summed E-state index contributed by atoms with van der Waals surface area (Å²) in [5.74, 6) is 0.893. The van der Waals surface area contributed by atoms with Crippen molar-refractivity contribution < 1.29 is 4.74 Å². The van der Waals surface area contributed by atoms with E-state index >= 15 is 0 Å². The van der Waals surface area contributed by atoms with Crippen molar-refractivity contribution in [3.8, 4) is 5.75 Å². The maximum absolute atomic E-state index is 5.88. The number of nitrogens with zero attached hydrogens (tertiary/aromatic N) is 1. The fourth-order valence-corrected chi connectivity index (χ4v) is 2.57. The highest BCUT2D eigenvalue weighted by Crippen LogP contribution is 2.21. The molecular formula is C17H14INO. The number of fused-ring (bicyclic) bond motifs is 1. The zero-order valence-corrected chi connectivity index (χ0v) is 13.3. The number of para-hydroxylation sites is 1. The van der Waals surface area contributed by atoms with Crippen LogP contribution in [-0.4, -0.2) is 4.98 Å². The number of pyridine rings is 1. The van der Waals surface area contributed by atoms with Crippen LogP contribution in [0.3, 0.4) is 0 Å². The molecule has 0 N–H and O–H groups in total. The van der Waals surface area contributed by atoms with Crippen molar-refractivity contribution in [1.29, 1.82) is 0 Å². The summed E-state index contributed by atoms with van der Waals surface area (Å²) < 4.78 is 7.09. The smallest absolute Gasteiger partial charge is 0.119 e. The second-order valence-electron chi connectivity index (χ2n) is 4.68. The van der Waals surface area contributed by atoms with Gasteiger partial charge in [-0.15, -0.1) is 0 Å². The Kier molecular flexibility index (Phi) is 3.87. The zero-order chi connectivity index (χ0) is 13.9. The van der Waals surface area contributed by atoms with Crippen molar-refractivity contribution in [3.05, 3.63) is 69.4 Å². The van der Waals surface area contributed by atoms with Crippen molar-refractivity contribution in [1.82, 2.24) is 4.98 Å².